The summed E-state index contributed by atoms with van der Waals surface area (Å²) in [6.45, 7) is 1.70. The molecule has 25 heavy (non-hydrogen) atoms. The zero-order valence-electron chi connectivity index (χ0n) is 14.5. The summed E-state index contributed by atoms with van der Waals surface area (Å²) in [6.07, 6.45) is 6.79. The summed E-state index contributed by atoms with van der Waals surface area (Å²) in [6, 6.07) is 7.84. The van der Waals surface area contributed by atoms with Gasteiger partial charge in [0.25, 0.3) is 0 Å². The zero-order chi connectivity index (χ0) is 17.6. The third-order valence-corrected chi connectivity index (χ3v) is 5.77. The lowest BCUT2D eigenvalue weighted by molar-refractivity contribution is -0.130. The molecule has 5 nitrogen and oxygen atoms in total. The van der Waals surface area contributed by atoms with Crippen LogP contribution in [0.2, 0.25) is 0 Å². The Labute approximate surface area is 157 Å². The van der Waals surface area contributed by atoms with Crippen molar-refractivity contribution in [2.75, 3.05) is 19.6 Å². The Balaban J connectivity index is 1.53. The fourth-order valence-electron chi connectivity index (χ4n) is 3.52. The van der Waals surface area contributed by atoms with Crippen LogP contribution in [0.1, 0.15) is 50.1 Å². The predicted octanol–water partition coefficient (Wildman–Crippen LogP) is 3.60. The highest BCUT2D eigenvalue weighted by atomic mass is 79.9. The molecule has 1 aromatic carbocycles. The van der Waals surface area contributed by atoms with Crippen LogP contribution in [0, 0.1) is 5.92 Å². The van der Waals surface area contributed by atoms with Crippen LogP contribution in [0.4, 0.5) is 4.79 Å². The first-order chi connectivity index (χ1) is 12.1. The van der Waals surface area contributed by atoms with Gasteiger partial charge in [-0.2, -0.15) is 0 Å². The Kier molecular flexibility index (Phi) is 6.34. The molecule has 3 rings (SSSR count). The van der Waals surface area contributed by atoms with Crippen molar-refractivity contribution in [3.8, 4) is 0 Å². The van der Waals surface area contributed by atoms with Crippen LogP contribution in [0.15, 0.2) is 28.7 Å². The van der Waals surface area contributed by atoms with Gasteiger partial charge >= 0.3 is 6.03 Å². The number of piperidine rings is 1. The molecule has 1 aromatic rings. The summed E-state index contributed by atoms with van der Waals surface area (Å²) < 4.78 is 1.03. The summed E-state index contributed by atoms with van der Waals surface area (Å²) in [5, 5.41) is 5.82. The number of amides is 3. The monoisotopic (exact) mass is 407 g/mol. The van der Waals surface area contributed by atoms with Gasteiger partial charge in [0.2, 0.25) is 5.91 Å². The summed E-state index contributed by atoms with van der Waals surface area (Å²) in [4.78, 5) is 26.3. The van der Waals surface area contributed by atoms with Gasteiger partial charge in [-0.3, -0.25) is 4.79 Å². The van der Waals surface area contributed by atoms with Gasteiger partial charge in [0.1, 0.15) is 0 Å². The molecule has 0 bridgehead atoms. The molecule has 1 unspecified atom stereocenters. The van der Waals surface area contributed by atoms with E-state index in [1.165, 1.54) is 12.8 Å². The van der Waals surface area contributed by atoms with Gasteiger partial charge in [-0.25, -0.2) is 4.79 Å². The summed E-state index contributed by atoms with van der Waals surface area (Å²) in [5.74, 6) is 0.489. The van der Waals surface area contributed by atoms with Crippen LogP contribution in [0.5, 0.6) is 0 Å². The number of benzene rings is 1. The van der Waals surface area contributed by atoms with Crippen molar-refractivity contribution in [1.29, 1.82) is 0 Å². The van der Waals surface area contributed by atoms with Crippen LogP contribution in [0.3, 0.4) is 0 Å². The molecule has 1 saturated carbocycles. The first kappa shape index (κ1) is 18.2. The number of halogens is 1. The van der Waals surface area contributed by atoms with Crippen LogP contribution in [0.25, 0.3) is 0 Å². The van der Waals surface area contributed by atoms with Gasteiger partial charge in [0.05, 0.1) is 12.6 Å². The first-order valence-corrected chi connectivity index (χ1v) is 10.0. The average molecular weight is 408 g/mol. The standard InChI is InChI=1S/C19H26BrN3O2/c20-16-9-7-15(8-10-16)18(14-5-4-6-14)22-19(25)21-13-17(24)23-11-2-1-3-12-23/h7-10,14,18H,1-6,11-13H2,(H2,21,22,25). The molecule has 2 N–H and O–H groups in total. The van der Waals surface area contributed by atoms with E-state index in [4.69, 9.17) is 0 Å². The average Bonchev–Trinajstić information content (AvgIpc) is 2.59. The van der Waals surface area contributed by atoms with E-state index in [1.54, 1.807) is 0 Å². The number of hydrogen-bond acceptors (Lipinski definition) is 2. The van der Waals surface area contributed by atoms with Crippen LogP contribution >= 0.6 is 15.9 Å². The minimum Gasteiger partial charge on any atom is -0.341 e. The van der Waals surface area contributed by atoms with E-state index in [1.807, 2.05) is 29.2 Å². The number of rotatable bonds is 5. The molecular weight excluding hydrogens is 382 g/mol. The highest BCUT2D eigenvalue weighted by Gasteiger charge is 2.30. The second kappa shape index (κ2) is 8.70. The molecule has 1 saturated heterocycles. The zero-order valence-corrected chi connectivity index (χ0v) is 16.1. The Bertz CT molecular complexity index is 595. The molecule has 2 aliphatic rings. The van der Waals surface area contributed by atoms with Crippen molar-refractivity contribution in [3.63, 3.8) is 0 Å². The van der Waals surface area contributed by atoms with Gasteiger partial charge < -0.3 is 15.5 Å². The number of nitrogens with one attached hydrogen (secondary N) is 2. The summed E-state index contributed by atoms with van der Waals surface area (Å²) in [5.41, 5.74) is 1.12. The minimum atomic E-state index is -0.259. The number of urea groups is 1. The number of likely N-dealkylation sites (tertiary alicyclic amines) is 1. The maximum atomic E-state index is 12.3. The van der Waals surface area contributed by atoms with Crippen molar-refractivity contribution in [1.82, 2.24) is 15.5 Å². The van der Waals surface area contributed by atoms with Crippen molar-refractivity contribution in [2.24, 2.45) is 5.92 Å². The number of hydrogen-bond donors (Lipinski definition) is 2. The molecule has 1 atom stereocenters. The smallest absolute Gasteiger partial charge is 0.315 e. The quantitative estimate of drug-likeness (QED) is 0.782. The van der Waals surface area contributed by atoms with Gasteiger partial charge in [-0.05, 0) is 55.7 Å². The highest BCUT2D eigenvalue weighted by molar-refractivity contribution is 9.10. The fourth-order valence-corrected chi connectivity index (χ4v) is 3.78. The van der Waals surface area contributed by atoms with Gasteiger partial charge in [0, 0.05) is 17.6 Å². The molecule has 2 fully saturated rings. The van der Waals surface area contributed by atoms with Crippen molar-refractivity contribution >= 4 is 27.9 Å². The van der Waals surface area contributed by atoms with Crippen molar-refractivity contribution < 1.29 is 9.59 Å². The van der Waals surface area contributed by atoms with E-state index in [0.717, 1.165) is 48.8 Å². The van der Waals surface area contributed by atoms with Crippen LogP contribution in [-0.2, 0) is 4.79 Å². The number of nitrogens with zero attached hydrogens (tertiary/aromatic N) is 1. The van der Waals surface area contributed by atoms with E-state index in [9.17, 15) is 9.59 Å². The molecule has 1 aliphatic carbocycles. The highest BCUT2D eigenvalue weighted by Crippen LogP contribution is 2.37. The SMILES string of the molecule is O=C(NCC(=O)N1CCCCC1)NC(c1ccc(Br)cc1)C1CCC1. The summed E-state index contributed by atoms with van der Waals surface area (Å²) in [7, 11) is 0. The Morgan fingerprint density at radius 1 is 1.08 bits per heavy atom. The second-order valence-corrected chi connectivity index (χ2v) is 7.90. The lowest BCUT2D eigenvalue weighted by Gasteiger charge is -2.34. The molecule has 1 heterocycles. The first-order valence-electron chi connectivity index (χ1n) is 9.21. The third-order valence-electron chi connectivity index (χ3n) is 5.25. The number of carbonyl (C=O) groups excluding carboxylic acids is 2. The van der Waals surface area contributed by atoms with E-state index < -0.39 is 0 Å². The lowest BCUT2D eigenvalue weighted by atomic mass is 9.77. The van der Waals surface area contributed by atoms with Crippen molar-refractivity contribution in [2.45, 2.75) is 44.6 Å². The van der Waals surface area contributed by atoms with E-state index in [-0.39, 0.29) is 24.5 Å². The predicted molar refractivity (Wildman–Crippen MR) is 101 cm³/mol. The molecule has 6 heteroatoms. The third kappa shape index (κ3) is 4.97. The Morgan fingerprint density at radius 2 is 1.76 bits per heavy atom. The number of carbonyl (C=O) groups is 2. The molecule has 0 radical (unpaired) electrons. The maximum Gasteiger partial charge on any atom is 0.315 e. The molecular formula is C19H26BrN3O2. The molecule has 136 valence electrons. The van der Waals surface area contributed by atoms with E-state index >= 15 is 0 Å². The molecule has 0 spiro atoms. The Hall–Kier alpha value is -1.56. The summed E-state index contributed by atoms with van der Waals surface area (Å²) >= 11 is 3.45. The van der Waals surface area contributed by atoms with Crippen LogP contribution in [-0.4, -0.2) is 36.5 Å². The van der Waals surface area contributed by atoms with E-state index in [0.29, 0.717) is 5.92 Å². The second-order valence-electron chi connectivity index (χ2n) is 6.99. The Morgan fingerprint density at radius 3 is 2.36 bits per heavy atom. The molecule has 1 aliphatic heterocycles. The largest absolute Gasteiger partial charge is 0.341 e. The lowest BCUT2D eigenvalue weighted by Crippen LogP contribution is -2.47. The minimum absolute atomic E-state index is 0.00642. The van der Waals surface area contributed by atoms with Gasteiger partial charge in [0.15, 0.2) is 0 Å². The van der Waals surface area contributed by atoms with Gasteiger partial charge in [-0.15, -0.1) is 0 Å². The van der Waals surface area contributed by atoms with Crippen molar-refractivity contribution in [3.05, 3.63) is 34.3 Å². The normalized spacial score (nSPS) is 19.0. The van der Waals surface area contributed by atoms with Gasteiger partial charge in [-0.1, -0.05) is 34.5 Å². The fraction of sp³-hybridized carbons (Fsp3) is 0.579. The molecule has 0 aromatic heterocycles. The topological polar surface area (TPSA) is 61.4 Å². The maximum absolute atomic E-state index is 12.3. The van der Waals surface area contributed by atoms with E-state index in [2.05, 4.69) is 26.6 Å². The molecule has 3 amide bonds. The van der Waals surface area contributed by atoms with Crippen LogP contribution < -0.4 is 10.6 Å².